The quantitative estimate of drug-likeness (QED) is 0.463. The van der Waals surface area contributed by atoms with Crippen LogP contribution in [-0.2, 0) is 4.79 Å². The third-order valence-corrected chi connectivity index (χ3v) is 3.49. The summed E-state index contributed by atoms with van der Waals surface area (Å²) < 4.78 is 0. The number of allylic oxidation sites excluding steroid dienone is 1. The van der Waals surface area contributed by atoms with Gasteiger partial charge in [-0.3, -0.25) is 9.79 Å². The van der Waals surface area contributed by atoms with E-state index in [0.29, 0.717) is 0 Å². The maximum atomic E-state index is 11.5. The summed E-state index contributed by atoms with van der Waals surface area (Å²) in [5.41, 5.74) is -0.627. The summed E-state index contributed by atoms with van der Waals surface area (Å²) >= 11 is 0. The zero-order valence-electron chi connectivity index (χ0n) is 11.8. The van der Waals surface area contributed by atoms with Crippen LogP contribution in [0.25, 0.3) is 0 Å². The summed E-state index contributed by atoms with van der Waals surface area (Å²) in [5, 5.41) is 0. The molecule has 0 saturated carbocycles. The molecule has 0 N–H and O–H groups in total. The Hall–Kier alpha value is -1.12. The second kappa shape index (κ2) is 8.06. The molecule has 0 bridgehead atoms. The summed E-state index contributed by atoms with van der Waals surface area (Å²) in [6.45, 7) is 5.29. The van der Waals surface area contributed by atoms with Gasteiger partial charge >= 0.3 is 0 Å². The minimum absolute atomic E-state index is 0.627. The highest BCUT2D eigenvalue weighted by atomic mass is 16.1. The van der Waals surface area contributed by atoms with E-state index in [2.05, 4.69) is 23.7 Å². The predicted octanol–water partition coefficient (Wildman–Crippen LogP) is 3.55. The SMILES string of the molecule is CCCCCN1C=CC=NC1(C=O)CCCCC. The van der Waals surface area contributed by atoms with Gasteiger partial charge < -0.3 is 4.90 Å². The van der Waals surface area contributed by atoms with Crippen LogP contribution in [0.2, 0.25) is 0 Å². The van der Waals surface area contributed by atoms with E-state index >= 15 is 0 Å². The molecule has 1 atom stereocenters. The van der Waals surface area contributed by atoms with Crippen molar-refractivity contribution in [2.75, 3.05) is 6.54 Å². The molecule has 0 fully saturated rings. The maximum absolute atomic E-state index is 11.5. The molecule has 1 aliphatic rings. The first kappa shape index (κ1) is 14.9. The van der Waals surface area contributed by atoms with Crippen LogP contribution in [0.4, 0.5) is 0 Å². The first-order chi connectivity index (χ1) is 8.79. The van der Waals surface area contributed by atoms with Crippen molar-refractivity contribution >= 4 is 12.5 Å². The molecular weight excluding hydrogens is 224 g/mol. The molecule has 3 nitrogen and oxygen atoms in total. The van der Waals surface area contributed by atoms with Crippen LogP contribution >= 0.6 is 0 Å². The topological polar surface area (TPSA) is 32.7 Å². The van der Waals surface area contributed by atoms with Crippen molar-refractivity contribution in [1.82, 2.24) is 4.90 Å². The number of hydrogen-bond acceptors (Lipinski definition) is 3. The fourth-order valence-corrected chi connectivity index (χ4v) is 2.32. The van der Waals surface area contributed by atoms with Crippen molar-refractivity contribution in [2.24, 2.45) is 4.99 Å². The standard InChI is InChI=1S/C15H26N2O/c1-3-5-7-10-15(14-18)16-11-9-13-17(15)12-8-6-4-2/h9,11,13-14H,3-8,10,12H2,1-2H3. The molecule has 0 amide bonds. The Balaban J connectivity index is 2.61. The van der Waals surface area contributed by atoms with E-state index in [1.165, 1.54) is 19.3 Å². The normalized spacial score (nSPS) is 22.4. The Labute approximate surface area is 111 Å². The number of aldehydes is 1. The lowest BCUT2D eigenvalue weighted by Crippen LogP contribution is -2.47. The van der Waals surface area contributed by atoms with Gasteiger partial charge in [-0.15, -0.1) is 0 Å². The monoisotopic (exact) mass is 250 g/mol. The Morgan fingerprint density at radius 1 is 1.17 bits per heavy atom. The number of carbonyl (C=O) groups excluding carboxylic acids is 1. The van der Waals surface area contributed by atoms with E-state index in [9.17, 15) is 4.79 Å². The fraction of sp³-hybridized carbons (Fsp3) is 0.733. The van der Waals surface area contributed by atoms with E-state index < -0.39 is 5.66 Å². The smallest absolute Gasteiger partial charge is 0.187 e. The minimum Gasteiger partial charge on any atom is -0.348 e. The van der Waals surface area contributed by atoms with Gasteiger partial charge in [-0.1, -0.05) is 39.5 Å². The van der Waals surface area contributed by atoms with Gasteiger partial charge in [-0.25, -0.2) is 0 Å². The Kier molecular flexibility index (Phi) is 6.69. The van der Waals surface area contributed by atoms with Gasteiger partial charge in [0.05, 0.1) is 0 Å². The number of nitrogens with zero attached hydrogens (tertiary/aromatic N) is 2. The highest BCUT2D eigenvalue weighted by Gasteiger charge is 2.34. The van der Waals surface area contributed by atoms with Gasteiger partial charge in [0.1, 0.15) is 0 Å². The molecular formula is C15H26N2O. The third-order valence-electron chi connectivity index (χ3n) is 3.49. The van der Waals surface area contributed by atoms with E-state index in [0.717, 1.165) is 38.5 Å². The molecule has 3 heteroatoms. The van der Waals surface area contributed by atoms with Crippen LogP contribution in [0.5, 0.6) is 0 Å². The second-order valence-corrected chi connectivity index (χ2v) is 4.97. The second-order valence-electron chi connectivity index (χ2n) is 4.97. The molecule has 1 unspecified atom stereocenters. The lowest BCUT2D eigenvalue weighted by molar-refractivity contribution is -0.117. The molecule has 0 saturated heterocycles. The molecule has 0 radical (unpaired) electrons. The summed E-state index contributed by atoms with van der Waals surface area (Å²) in [5.74, 6) is 0. The summed E-state index contributed by atoms with van der Waals surface area (Å²) in [4.78, 5) is 18.1. The summed E-state index contributed by atoms with van der Waals surface area (Å²) in [6.07, 6.45) is 14.5. The zero-order valence-corrected chi connectivity index (χ0v) is 11.8. The van der Waals surface area contributed by atoms with Crippen molar-refractivity contribution in [1.29, 1.82) is 0 Å². The molecule has 18 heavy (non-hydrogen) atoms. The van der Waals surface area contributed by atoms with E-state index in [1.807, 2.05) is 12.3 Å². The van der Waals surface area contributed by atoms with Crippen LogP contribution in [0.15, 0.2) is 17.3 Å². The molecule has 0 aromatic carbocycles. The van der Waals surface area contributed by atoms with Crippen LogP contribution in [0.1, 0.15) is 58.8 Å². The Morgan fingerprint density at radius 2 is 1.89 bits per heavy atom. The Bertz CT molecular complexity index is 299. The highest BCUT2D eigenvalue weighted by molar-refractivity contribution is 5.77. The number of hydrogen-bond donors (Lipinski definition) is 0. The van der Waals surface area contributed by atoms with Crippen LogP contribution in [0.3, 0.4) is 0 Å². The van der Waals surface area contributed by atoms with Gasteiger partial charge in [0.25, 0.3) is 0 Å². The molecule has 1 rings (SSSR count). The first-order valence-corrected chi connectivity index (χ1v) is 7.24. The van der Waals surface area contributed by atoms with Crippen LogP contribution in [0, 0.1) is 0 Å². The van der Waals surface area contributed by atoms with Gasteiger partial charge in [-0.2, -0.15) is 0 Å². The molecule has 1 heterocycles. The summed E-state index contributed by atoms with van der Waals surface area (Å²) in [6, 6.07) is 0. The number of carbonyl (C=O) groups is 1. The van der Waals surface area contributed by atoms with Gasteiger partial charge in [0.15, 0.2) is 11.9 Å². The van der Waals surface area contributed by atoms with Gasteiger partial charge in [0, 0.05) is 19.0 Å². The first-order valence-electron chi connectivity index (χ1n) is 7.24. The third kappa shape index (κ3) is 3.97. The van der Waals surface area contributed by atoms with E-state index in [-0.39, 0.29) is 0 Å². The molecule has 1 aliphatic heterocycles. The summed E-state index contributed by atoms with van der Waals surface area (Å²) in [7, 11) is 0. The highest BCUT2D eigenvalue weighted by Crippen LogP contribution is 2.25. The molecule has 0 spiro atoms. The molecule has 0 aliphatic carbocycles. The average Bonchev–Trinajstić information content (AvgIpc) is 2.41. The van der Waals surface area contributed by atoms with Gasteiger partial charge in [-0.05, 0) is 25.3 Å². The lowest BCUT2D eigenvalue weighted by atomic mass is 10.00. The van der Waals surface area contributed by atoms with Crippen LogP contribution < -0.4 is 0 Å². The van der Waals surface area contributed by atoms with Gasteiger partial charge in [0.2, 0.25) is 0 Å². The van der Waals surface area contributed by atoms with E-state index in [4.69, 9.17) is 0 Å². The van der Waals surface area contributed by atoms with Crippen molar-refractivity contribution in [3.05, 3.63) is 12.3 Å². The maximum Gasteiger partial charge on any atom is 0.187 e. The molecule has 0 aromatic rings. The minimum atomic E-state index is -0.627. The van der Waals surface area contributed by atoms with Crippen molar-refractivity contribution < 1.29 is 4.79 Å². The molecule has 102 valence electrons. The Morgan fingerprint density at radius 3 is 2.56 bits per heavy atom. The predicted molar refractivity (Wildman–Crippen MR) is 76.8 cm³/mol. The van der Waals surface area contributed by atoms with E-state index in [1.54, 1.807) is 6.21 Å². The number of unbranched alkanes of at least 4 members (excludes halogenated alkanes) is 4. The molecule has 0 aromatic heterocycles. The lowest BCUT2D eigenvalue weighted by Gasteiger charge is -2.38. The number of aliphatic imine (C=N–C) groups is 1. The number of rotatable bonds is 9. The van der Waals surface area contributed by atoms with Crippen molar-refractivity contribution in [2.45, 2.75) is 64.5 Å². The van der Waals surface area contributed by atoms with Crippen molar-refractivity contribution in [3.8, 4) is 0 Å². The van der Waals surface area contributed by atoms with Crippen LogP contribution in [-0.4, -0.2) is 29.6 Å². The zero-order chi connectivity index (χ0) is 13.3. The average molecular weight is 250 g/mol. The van der Waals surface area contributed by atoms with Crippen molar-refractivity contribution in [3.63, 3.8) is 0 Å². The fourth-order valence-electron chi connectivity index (χ4n) is 2.32. The largest absolute Gasteiger partial charge is 0.348 e.